The normalized spacial score (nSPS) is 13.2. The van der Waals surface area contributed by atoms with Crippen LogP contribution in [0.4, 0.5) is 0 Å². The second-order valence-corrected chi connectivity index (χ2v) is 4.98. The second-order valence-electron chi connectivity index (χ2n) is 4.14. The number of allylic oxidation sites excluding steroid dienone is 1. The molecular weight excluding hydrogens is 294 g/mol. The van der Waals surface area contributed by atoms with Crippen LogP contribution in [0.5, 0.6) is 0 Å². The molecule has 1 aromatic carbocycles. The maximum atomic E-state index is 6.04. The molecule has 0 aliphatic heterocycles. The van der Waals surface area contributed by atoms with E-state index in [0.717, 1.165) is 5.56 Å². The summed E-state index contributed by atoms with van der Waals surface area (Å²) in [6.07, 6.45) is 3.32. The summed E-state index contributed by atoms with van der Waals surface area (Å²) in [5.41, 5.74) is 3.71. The second kappa shape index (κ2) is 9.47. The molecule has 0 aromatic heterocycles. The molecule has 1 aromatic rings. The van der Waals surface area contributed by atoms with E-state index < -0.39 is 0 Å². The molecule has 0 unspecified atom stereocenters. The first kappa shape index (κ1) is 16.6. The molecule has 4 nitrogen and oxygen atoms in total. The zero-order valence-electron chi connectivity index (χ0n) is 11.5. The van der Waals surface area contributed by atoms with Gasteiger partial charge in [-0.25, -0.2) is 0 Å². The minimum atomic E-state index is 0.116. The van der Waals surface area contributed by atoms with Crippen molar-refractivity contribution >= 4 is 41.2 Å². The highest BCUT2D eigenvalue weighted by atomic mass is 35.5. The molecule has 0 fully saturated rings. The highest BCUT2D eigenvalue weighted by Crippen LogP contribution is 2.07. The van der Waals surface area contributed by atoms with Crippen molar-refractivity contribution in [3.05, 3.63) is 40.9 Å². The largest absolute Gasteiger partial charge is 0.383 e. The lowest BCUT2D eigenvalue weighted by atomic mass is 10.2. The van der Waals surface area contributed by atoms with Gasteiger partial charge in [0.05, 0.1) is 17.9 Å². The van der Waals surface area contributed by atoms with E-state index in [-0.39, 0.29) is 6.04 Å². The minimum Gasteiger partial charge on any atom is -0.383 e. The fraction of sp³-hybridized carbons (Fsp3) is 0.286. The lowest BCUT2D eigenvalue weighted by Crippen LogP contribution is -2.40. The van der Waals surface area contributed by atoms with Gasteiger partial charge in [0.2, 0.25) is 0 Å². The van der Waals surface area contributed by atoms with Crippen LogP contribution in [0.1, 0.15) is 12.5 Å². The van der Waals surface area contributed by atoms with Crippen molar-refractivity contribution in [2.45, 2.75) is 13.0 Å². The molecule has 0 aliphatic carbocycles. The van der Waals surface area contributed by atoms with Gasteiger partial charge >= 0.3 is 0 Å². The number of nitrogens with one attached hydrogen (secondary N) is 2. The van der Waals surface area contributed by atoms with Crippen LogP contribution in [0.2, 0.25) is 0 Å². The monoisotopic (exact) mass is 311 g/mol. The number of benzene rings is 1. The number of hydrogen-bond donors (Lipinski definition) is 2. The van der Waals surface area contributed by atoms with E-state index in [1.807, 2.05) is 43.3 Å². The van der Waals surface area contributed by atoms with E-state index in [9.17, 15) is 0 Å². The fourth-order valence-electron chi connectivity index (χ4n) is 1.45. The van der Waals surface area contributed by atoms with Crippen molar-refractivity contribution in [1.29, 1.82) is 0 Å². The van der Waals surface area contributed by atoms with E-state index in [1.54, 1.807) is 7.11 Å². The maximum absolute atomic E-state index is 6.04. The van der Waals surface area contributed by atoms with Crippen molar-refractivity contribution < 1.29 is 4.74 Å². The highest BCUT2D eigenvalue weighted by molar-refractivity contribution is 7.80. The van der Waals surface area contributed by atoms with Crippen LogP contribution in [0, 0.1) is 0 Å². The van der Waals surface area contributed by atoms with Crippen molar-refractivity contribution in [3.63, 3.8) is 0 Å². The maximum Gasteiger partial charge on any atom is 0.187 e. The Balaban J connectivity index is 2.40. The Morgan fingerprint density at radius 1 is 1.45 bits per heavy atom. The topological polar surface area (TPSA) is 45.6 Å². The molecule has 0 saturated heterocycles. The summed E-state index contributed by atoms with van der Waals surface area (Å²) in [4.78, 5) is 0. The van der Waals surface area contributed by atoms with Gasteiger partial charge < -0.3 is 10.1 Å². The van der Waals surface area contributed by atoms with Gasteiger partial charge in [0.1, 0.15) is 0 Å². The molecular formula is C14H18ClN3OS. The SMILES string of the molecule is COC[C@H](C)NC(=S)N/N=C\C(Cl)=C\c1ccccc1. The molecule has 2 N–H and O–H groups in total. The zero-order valence-corrected chi connectivity index (χ0v) is 13.0. The summed E-state index contributed by atoms with van der Waals surface area (Å²) in [5, 5.41) is 7.92. The molecule has 20 heavy (non-hydrogen) atoms. The first-order valence-corrected chi connectivity index (χ1v) is 6.91. The predicted octanol–water partition coefficient (Wildman–Crippen LogP) is 2.75. The lowest BCUT2D eigenvalue weighted by Gasteiger charge is -2.13. The average molecular weight is 312 g/mol. The third-order valence-corrected chi connectivity index (χ3v) is 2.67. The van der Waals surface area contributed by atoms with Gasteiger partial charge in [0, 0.05) is 13.2 Å². The standard InChI is InChI=1S/C14H18ClN3OS/c1-11(10-19-2)17-14(20)18-16-9-13(15)8-12-6-4-3-5-7-12/h3-9,11H,10H2,1-2H3,(H2,17,18,20)/b13-8-,16-9-/t11-/m0/s1. The van der Waals surface area contributed by atoms with Crippen LogP contribution in [-0.4, -0.2) is 31.1 Å². The summed E-state index contributed by atoms with van der Waals surface area (Å²) in [6, 6.07) is 9.88. The minimum absolute atomic E-state index is 0.116. The van der Waals surface area contributed by atoms with Gasteiger partial charge in [-0.15, -0.1) is 0 Å². The van der Waals surface area contributed by atoms with Gasteiger partial charge in [-0.2, -0.15) is 5.10 Å². The Hall–Kier alpha value is -1.43. The van der Waals surface area contributed by atoms with E-state index in [1.165, 1.54) is 6.21 Å². The third-order valence-electron chi connectivity index (χ3n) is 2.25. The van der Waals surface area contributed by atoms with E-state index in [4.69, 9.17) is 28.6 Å². The van der Waals surface area contributed by atoms with Gasteiger partial charge in [0.25, 0.3) is 0 Å². The Kier molecular flexibility index (Phi) is 7.87. The Morgan fingerprint density at radius 2 is 2.15 bits per heavy atom. The van der Waals surface area contributed by atoms with E-state index in [0.29, 0.717) is 16.8 Å². The summed E-state index contributed by atoms with van der Waals surface area (Å²) in [6.45, 7) is 2.53. The molecule has 1 rings (SSSR count). The Bertz CT molecular complexity index is 477. The molecule has 1 atom stereocenters. The average Bonchev–Trinajstić information content (AvgIpc) is 2.39. The van der Waals surface area contributed by atoms with Crippen LogP contribution in [0.3, 0.4) is 0 Å². The van der Waals surface area contributed by atoms with Gasteiger partial charge in [-0.1, -0.05) is 41.9 Å². The highest BCUT2D eigenvalue weighted by Gasteiger charge is 2.01. The van der Waals surface area contributed by atoms with Gasteiger partial charge in [-0.3, -0.25) is 5.43 Å². The molecule has 0 aliphatic rings. The quantitative estimate of drug-likeness (QED) is 0.482. The molecule has 0 radical (unpaired) electrons. The first-order chi connectivity index (χ1) is 9.61. The summed E-state index contributed by atoms with van der Waals surface area (Å²) in [7, 11) is 1.64. The van der Waals surface area contributed by atoms with Gasteiger partial charge in [-0.05, 0) is 30.8 Å². The summed E-state index contributed by atoms with van der Waals surface area (Å²) < 4.78 is 5.00. The number of rotatable bonds is 6. The number of nitrogens with zero attached hydrogens (tertiary/aromatic N) is 1. The molecule has 6 heteroatoms. The zero-order chi connectivity index (χ0) is 14.8. The lowest BCUT2D eigenvalue weighted by molar-refractivity contribution is 0.179. The smallest absolute Gasteiger partial charge is 0.187 e. The fourth-order valence-corrected chi connectivity index (χ4v) is 1.87. The molecule has 0 amide bonds. The van der Waals surface area contributed by atoms with Crippen LogP contribution in [0.15, 0.2) is 40.5 Å². The van der Waals surface area contributed by atoms with Crippen molar-refractivity contribution in [2.75, 3.05) is 13.7 Å². The first-order valence-electron chi connectivity index (χ1n) is 6.12. The van der Waals surface area contributed by atoms with Crippen LogP contribution >= 0.6 is 23.8 Å². The van der Waals surface area contributed by atoms with Crippen LogP contribution < -0.4 is 10.7 Å². The third kappa shape index (κ3) is 7.23. The Labute approximate surface area is 129 Å². The van der Waals surface area contributed by atoms with E-state index >= 15 is 0 Å². The van der Waals surface area contributed by atoms with E-state index in [2.05, 4.69) is 15.8 Å². The van der Waals surface area contributed by atoms with Crippen LogP contribution in [0.25, 0.3) is 6.08 Å². The number of ether oxygens (including phenoxy) is 1. The number of hydrazone groups is 1. The predicted molar refractivity (Wildman–Crippen MR) is 89.0 cm³/mol. The molecule has 108 valence electrons. The summed E-state index contributed by atoms with van der Waals surface area (Å²) >= 11 is 11.1. The van der Waals surface area contributed by atoms with Crippen molar-refractivity contribution in [2.24, 2.45) is 5.10 Å². The number of thiocarbonyl (C=S) groups is 1. The number of methoxy groups -OCH3 is 1. The molecule has 0 bridgehead atoms. The van der Waals surface area contributed by atoms with Crippen LogP contribution in [-0.2, 0) is 4.74 Å². The number of halogens is 1. The molecule has 0 heterocycles. The number of hydrogen-bond acceptors (Lipinski definition) is 3. The van der Waals surface area contributed by atoms with Gasteiger partial charge in [0.15, 0.2) is 5.11 Å². The Morgan fingerprint density at radius 3 is 2.80 bits per heavy atom. The van der Waals surface area contributed by atoms with Crippen molar-refractivity contribution in [3.8, 4) is 0 Å². The van der Waals surface area contributed by atoms with Crippen molar-refractivity contribution in [1.82, 2.24) is 10.7 Å². The molecule has 0 spiro atoms. The molecule has 0 saturated carbocycles. The summed E-state index contributed by atoms with van der Waals surface area (Å²) in [5.74, 6) is 0.